The van der Waals surface area contributed by atoms with Crippen molar-refractivity contribution in [2.24, 2.45) is 0 Å². The highest BCUT2D eigenvalue weighted by molar-refractivity contribution is 7.90. The van der Waals surface area contributed by atoms with E-state index < -0.39 is 0 Å². The van der Waals surface area contributed by atoms with Crippen LogP contribution < -0.4 is 17.0 Å². The van der Waals surface area contributed by atoms with Crippen molar-refractivity contribution >= 4 is 11.5 Å². The molecule has 17 heavy (non-hydrogen) atoms. The monoisotopic (exact) mass is 321 g/mol. The summed E-state index contributed by atoms with van der Waals surface area (Å²) in [5.74, 6) is 0. The van der Waals surface area contributed by atoms with Crippen LogP contribution in [0.25, 0.3) is 0 Å². The number of halogens is 1. The smallest absolute Gasteiger partial charge is 0.268 e. The number of rotatable bonds is 3. The fourth-order valence-electron chi connectivity index (χ4n) is 3.04. The van der Waals surface area contributed by atoms with Gasteiger partial charge in [-0.2, -0.15) is 0 Å². The minimum atomic E-state index is 0. The average Bonchev–Trinajstić information content (AvgIpc) is 3.02. The van der Waals surface area contributed by atoms with Crippen LogP contribution in [0.5, 0.6) is 0 Å². The van der Waals surface area contributed by atoms with Gasteiger partial charge in [-0.05, 0) is 38.5 Å². The number of nitrogens with zero attached hydrogens (tertiary/aromatic N) is 3. The Kier molecular flexibility index (Phi) is 5.61. The Labute approximate surface area is 119 Å². The van der Waals surface area contributed by atoms with Crippen molar-refractivity contribution in [1.29, 1.82) is 0 Å². The van der Waals surface area contributed by atoms with E-state index in [0.29, 0.717) is 11.5 Å². The molecule has 3 aliphatic rings. The Morgan fingerprint density at radius 2 is 0.706 bits per heavy atom. The summed E-state index contributed by atoms with van der Waals surface area (Å²) in [5.41, 5.74) is 0. The molecule has 100 valence electrons. The van der Waals surface area contributed by atoms with Gasteiger partial charge in [0.15, 0.2) is 0 Å². The quantitative estimate of drug-likeness (QED) is 0.595. The van der Waals surface area contributed by atoms with E-state index in [1.807, 2.05) is 0 Å². The van der Waals surface area contributed by atoms with Gasteiger partial charge < -0.3 is 17.0 Å². The first-order chi connectivity index (χ1) is 7.95. The van der Waals surface area contributed by atoms with Gasteiger partial charge in [0, 0.05) is 39.3 Å². The van der Waals surface area contributed by atoms with Crippen LogP contribution in [0.4, 0.5) is 0 Å². The molecule has 3 heterocycles. The highest BCUT2D eigenvalue weighted by atomic mass is 79.9. The zero-order valence-corrected chi connectivity index (χ0v) is 13.0. The summed E-state index contributed by atoms with van der Waals surface area (Å²) in [6, 6.07) is 0. The van der Waals surface area contributed by atoms with Crippen LogP contribution >= 0.6 is 0 Å². The molecule has 0 radical (unpaired) electrons. The molecule has 0 N–H and O–H groups in total. The van der Waals surface area contributed by atoms with Crippen molar-refractivity contribution in [3.63, 3.8) is 0 Å². The highest BCUT2D eigenvalue weighted by Crippen LogP contribution is 2.28. The van der Waals surface area contributed by atoms with Crippen LogP contribution in [0.1, 0.15) is 38.5 Å². The first kappa shape index (κ1) is 14.1. The molecule has 0 aliphatic carbocycles. The van der Waals surface area contributed by atoms with E-state index in [1.54, 1.807) is 0 Å². The van der Waals surface area contributed by atoms with Gasteiger partial charge in [0.25, 0.3) is 11.5 Å². The maximum absolute atomic E-state index is 2.76. The molecule has 0 atom stereocenters. The fraction of sp³-hybridized carbons (Fsp3) is 1.00. The summed E-state index contributed by atoms with van der Waals surface area (Å²) in [5, 5.41) is 0. The molecule has 0 aromatic heterocycles. The van der Waals surface area contributed by atoms with E-state index in [1.165, 1.54) is 77.8 Å². The Hall–Kier alpha value is 0.710. The maximum atomic E-state index is 2.76. The first-order valence-corrected chi connectivity index (χ1v) is 8.04. The Bertz CT molecular complexity index is 186. The van der Waals surface area contributed by atoms with Gasteiger partial charge in [0.1, 0.15) is 0 Å². The van der Waals surface area contributed by atoms with Crippen molar-refractivity contribution in [1.82, 2.24) is 12.9 Å². The second-order valence-electron chi connectivity index (χ2n) is 5.15. The van der Waals surface area contributed by atoms with E-state index in [0.717, 1.165) is 0 Å². The van der Waals surface area contributed by atoms with Crippen LogP contribution in [0.3, 0.4) is 0 Å². The average molecular weight is 322 g/mol. The van der Waals surface area contributed by atoms with E-state index in [4.69, 9.17) is 0 Å². The maximum Gasteiger partial charge on any atom is 0.268 e. The second-order valence-corrected chi connectivity index (χ2v) is 7.19. The molecule has 3 aliphatic heterocycles. The Morgan fingerprint density at radius 3 is 0.941 bits per heavy atom. The van der Waals surface area contributed by atoms with Crippen molar-refractivity contribution in [2.45, 2.75) is 38.5 Å². The van der Waals surface area contributed by atoms with Crippen LogP contribution in [0.15, 0.2) is 0 Å². The highest BCUT2D eigenvalue weighted by Gasteiger charge is 2.46. The van der Waals surface area contributed by atoms with Crippen molar-refractivity contribution in [3.8, 4) is 0 Å². The van der Waals surface area contributed by atoms with Crippen LogP contribution in [0.2, 0.25) is 0 Å². The van der Waals surface area contributed by atoms with Crippen molar-refractivity contribution in [2.75, 3.05) is 39.3 Å². The van der Waals surface area contributed by atoms with Gasteiger partial charge in [-0.25, -0.2) is 0 Å². The molecule has 3 rings (SSSR count). The second kappa shape index (κ2) is 6.75. The summed E-state index contributed by atoms with van der Waals surface area (Å²) < 4.78 is 8.28. The summed E-state index contributed by atoms with van der Waals surface area (Å²) >= 11 is 0.350. The van der Waals surface area contributed by atoms with Gasteiger partial charge in [0.05, 0.1) is 0 Å². The Morgan fingerprint density at radius 1 is 0.471 bits per heavy atom. The van der Waals surface area contributed by atoms with Crippen molar-refractivity contribution in [3.05, 3.63) is 0 Å². The summed E-state index contributed by atoms with van der Waals surface area (Å²) in [6.07, 6.45) is 8.53. The largest absolute Gasteiger partial charge is 1.00 e. The summed E-state index contributed by atoms with van der Waals surface area (Å²) in [7, 11) is 0. The predicted molar refractivity (Wildman–Crippen MR) is 69.8 cm³/mol. The van der Waals surface area contributed by atoms with Crippen molar-refractivity contribution < 1.29 is 17.0 Å². The molecule has 0 aromatic rings. The van der Waals surface area contributed by atoms with E-state index in [-0.39, 0.29) is 17.0 Å². The Balaban J connectivity index is 0.00000108. The fourth-order valence-corrected chi connectivity index (χ4v) is 5.78. The molecule has 0 bridgehead atoms. The van der Waals surface area contributed by atoms with Gasteiger partial charge in [-0.15, -0.1) is 0 Å². The van der Waals surface area contributed by atoms with Crippen LogP contribution in [-0.2, 0) is 11.5 Å². The lowest BCUT2D eigenvalue weighted by atomic mass is 10.4. The molecule has 0 aromatic carbocycles. The van der Waals surface area contributed by atoms with Gasteiger partial charge in [-0.3, -0.25) is 0 Å². The molecule has 0 saturated carbocycles. The number of hydrogen-bond acceptors (Lipinski definition) is 3. The lowest BCUT2D eigenvalue weighted by molar-refractivity contribution is -0.00000347. The van der Waals surface area contributed by atoms with Crippen LogP contribution in [0, 0.1) is 0 Å². The third kappa shape index (κ3) is 3.18. The zero-order valence-electron chi connectivity index (χ0n) is 10.6. The standard InChI is InChI=1S/C12H24N3S.BrH/c1-2-8-13(7-1)16(14-9-3-4-10-14)15-11-5-6-12-15;/h1-12H2;1H/q+1;/p-1. The molecule has 0 unspecified atom stereocenters. The third-order valence-electron chi connectivity index (χ3n) is 3.89. The first-order valence-electron chi connectivity index (χ1n) is 6.95. The molecule has 3 nitrogen and oxygen atoms in total. The van der Waals surface area contributed by atoms with Crippen LogP contribution in [-0.4, -0.2) is 52.2 Å². The minimum Gasteiger partial charge on any atom is -1.00 e. The molecular weight excluding hydrogens is 298 g/mol. The minimum absolute atomic E-state index is 0. The SMILES string of the molecule is C1CCN([S+](N2CCCC2)N2CCCC2)C1.[Br-]. The molecule has 0 spiro atoms. The molecule has 5 heteroatoms. The number of hydrogen-bond donors (Lipinski definition) is 0. The van der Waals surface area contributed by atoms with Gasteiger partial charge in [0.2, 0.25) is 0 Å². The predicted octanol–water partition coefficient (Wildman–Crippen LogP) is -1.36. The topological polar surface area (TPSA) is 9.72 Å². The molecule has 3 saturated heterocycles. The zero-order chi connectivity index (χ0) is 10.8. The molecule has 3 fully saturated rings. The normalized spacial score (nSPS) is 28.1. The van der Waals surface area contributed by atoms with E-state index in [2.05, 4.69) is 12.9 Å². The van der Waals surface area contributed by atoms with Gasteiger partial charge >= 0.3 is 0 Å². The van der Waals surface area contributed by atoms with Gasteiger partial charge in [-0.1, -0.05) is 12.9 Å². The molecular formula is C12H24BrN3S. The summed E-state index contributed by atoms with van der Waals surface area (Å²) in [6.45, 7) is 8.06. The molecule has 0 amide bonds. The lowest BCUT2D eigenvalue weighted by Crippen LogP contribution is -3.00. The van der Waals surface area contributed by atoms with E-state index >= 15 is 0 Å². The third-order valence-corrected chi connectivity index (χ3v) is 6.37. The van der Waals surface area contributed by atoms with E-state index in [9.17, 15) is 0 Å². The summed E-state index contributed by atoms with van der Waals surface area (Å²) in [4.78, 5) is 0. The lowest BCUT2D eigenvalue weighted by Gasteiger charge is -2.27.